The lowest BCUT2D eigenvalue weighted by Crippen LogP contribution is -1.83. The minimum absolute atomic E-state index is 0.208. The van der Waals surface area contributed by atoms with Crippen molar-refractivity contribution in [1.82, 2.24) is 4.98 Å². The Morgan fingerprint density at radius 2 is 1.86 bits per heavy atom. The van der Waals surface area contributed by atoms with Gasteiger partial charge in [-0.25, -0.2) is 4.39 Å². The number of pyridine rings is 1. The molecule has 1 heterocycles. The van der Waals surface area contributed by atoms with E-state index in [1.54, 1.807) is 6.07 Å². The number of benzene rings is 1. The van der Waals surface area contributed by atoms with Crippen LogP contribution in [0.1, 0.15) is 19.4 Å². The summed E-state index contributed by atoms with van der Waals surface area (Å²) in [5.41, 5.74) is 1.82. The number of nitrogens with zero attached hydrogens (tertiary/aromatic N) is 1. The summed E-state index contributed by atoms with van der Waals surface area (Å²) in [6.45, 7) is 5.96. The van der Waals surface area contributed by atoms with Gasteiger partial charge in [-0.15, -0.1) is 0 Å². The molecule has 0 radical (unpaired) electrons. The van der Waals surface area contributed by atoms with E-state index in [1.165, 1.54) is 12.3 Å². The predicted octanol–water partition coefficient (Wildman–Crippen LogP) is 3.71. The van der Waals surface area contributed by atoms with E-state index in [9.17, 15) is 4.39 Å². The van der Waals surface area contributed by atoms with Gasteiger partial charge in [-0.2, -0.15) is 0 Å². The van der Waals surface area contributed by atoms with Gasteiger partial charge >= 0.3 is 0 Å². The van der Waals surface area contributed by atoms with E-state index in [2.05, 4.69) is 4.98 Å². The molecule has 1 nitrogen and oxygen atoms in total. The highest BCUT2D eigenvalue weighted by Gasteiger charge is 1.99. The molecule has 14 heavy (non-hydrogen) atoms. The zero-order valence-corrected chi connectivity index (χ0v) is 8.71. The number of hydrogen-bond acceptors (Lipinski definition) is 1. The Labute approximate surface area is 83.6 Å². The Morgan fingerprint density at radius 1 is 1.14 bits per heavy atom. The molecule has 74 valence electrons. The average molecular weight is 191 g/mol. The summed E-state index contributed by atoms with van der Waals surface area (Å²) in [4.78, 5) is 4.06. The molecule has 1 aromatic heterocycles. The van der Waals surface area contributed by atoms with Crippen LogP contribution >= 0.6 is 0 Å². The maximum absolute atomic E-state index is 13.1. The van der Waals surface area contributed by atoms with Crippen molar-refractivity contribution in [3.8, 4) is 0 Å². The van der Waals surface area contributed by atoms with Crippen LogP contribution in [0.3, 0.4) is 0 Å². The molecule has 0 atom stereocenters. The molecule has 0 saturated heterocycles. The molecule has 0 aliphatic heterocycles. The Morgan fingerprint density at radius 3 is 2.57 bits per heavy atom. The van der Waals surface area contributed by atoms with Gasteiger partial charge in [0.05, 0.1) is 5.52 Å². The summed E-state index contributed by atoms with van der Waals surface area (Å²) in [5, 5.41) is 0.586. The van der Waals surface area contributed by atoms with Crippen LogP contribution in [0.15, 0.2) is 30.5 Å². The molecule has 0 fully saturated rings. The predicted molar refractivity (Wildman–Crippen MR) is 57.8 cm³/mol. The summed E-state index contributed by atoms with van der Waals surface area (Å²) in [5.74, 6) is -0.208. The monoisotopic (exact) mass is 191 g/mol. The van der Waals surface area contributed by atoms with Gasteiger partial charge < -0.3 is 0 Å². The van der Waals surface area contributed by atoms with Crippen LogP contribution < -0.4 is 0 Å². The van der Waals surface area contributed by atoms with Crippen molar-refractivity contribution >= 4 is 10.9 Å². The van der Waals surface area contributed by atoms with Crippen LogP contribution in [0.5, 0.6) is 0 Å². The third-order valence-corrected chi connectivity index (χ3v) is 1.85. The van der Waals surface area contributed by atoms with Crippen LogP contribution in [0.25, 0.3) is 10.9 Å². The van der Waals surface area contributed by atoms with Gasteiger partial charge in [0.2, 0.25) is 0 Å². The third kappa shape index (κ3) is 2.08. The highest BCUT2D eigenvalue weighted by Crippen LogP contribution is 2.15. The lowest BCUT2D eigenvalue weighted by Gasteiger charge is -1.98. The largest absolute Gasteiger partial charge is 0.256 e. The van der Waals surface area contributed by atoms with E-state index < -0.39 is 0 Å². The molecule has 2 rings (SSSR count). The van der Waals surface area contributed by atoms with Crippen LogP contribution in [0.4, 0.5) is 4.39 Å². The third-order valence-electron chi connectivity index (χ3n) is 1.85. The number of aromatic nitrogens is 1. The van der Waals surface area contributed by atoms with E-state index in [4.69, 9.17) is 0 Å². The first-order chi connectivity index (χ1) is 6.77. The summed E-state index contributed by atoms with van der Waals surface area (Å²) < 4.78 is 13.1. The van der Waals surface area contributed by atoms with Crippen molar-refractivity contribution in [2.45, 2.75) is 20.8 Å². The molecule has 0 aliphatic rings. The Hall–Kier alpha value is -1.44. The summed E-state index contributed by atoms with van der Waals surface area (Å²) in [6.07, 6.45) is 1.48. The van der Waals surface area contributed by atoms with E-state index in [1.807, 2.05) is 32.9 Å². The quantitative estimate of drug-likeness (QED) is 0.618. The van der Waals surface area contributed by atoms with Crippen LogP contribution in [-0.4, -0.2) is 4.98 Å². The molecule has 2 aromatic rings. The van der Waals surface area contributed by atoms with Crippen LogP contribution in [0, 0.1) is 12.7 Å². The molecule has 0 amide bonds. The molecule has 0 spiro atoms. The van der Waals surface area contributed by atoms with Crippen molar-refractivity contribution in [2.75, 3.05) is 0 Å². The van der Waals surface area contributed by atoms with Gasteiger partial charge in [-0.05, 0) is 30.7 Å². The maximum atomic E-state index is 13.1. The fourth-order valence-corrected chi connectivity index (χ4v) is 1.22. The van der Waals surface area contributed by atoms with Crippen LogP contribution in [0.2, 0.25) is 0 Å². The minimum Gasteiger partial charge on any atom is -0.256 e. The van der Waals surface area contributed by atoms with Gasteiger partial charge in [0, 0.05) is 11.6 Å². The molecular weight excluding hydrogens is 177 g/mol. The Bertz CT molecular complexity index is 424. The molecule has 0 unspecified atom stereocenters. The normalized spacial score (nSPS) is 9.43. The van der Waals surface area contributed by atoms with E-state index >= 15 is 0 Å². The Kier molecular flexibility index (Phi) is 3.57. The van der Waals surface area contributed by atoms with Gasteiger partial charge in [0.1, 0.15) is 5.82 Å². The van der Waals surface area contributed by atoms with E-state index in [0.717, 1.165) is 11.1 Å². The molecule has 0 aliphatic carbocycles. The summed E-state index contributed by atoms with van der Waals surface area (Å²) >= 11 is 0. The number of hydrogen-bond donors (Lipinski definition) is 0. The second kappa shape index (κ2) is 4.70. The number of rotatable bonds is 0. The highest BCUT2D eigenvalue weighted by atomic mass is 19.1. The average Bonchev–Trinajstić information content (AvgIpc) is 2.21. The van der Waals surface area contributed by atoms with E-state index in [0.29, 0.717) is 5.39 Å². The molecular formula is C12H14FN. The smallest absolute Gasteiger partial charge is 0.134 e. The standard InChI is InChI=1S/C10H8FN.C2H6/c1-7-2-3-8-9(11)4-5-12-10(8)6-7;1-2/h2-6H,1H3;1-2H3. The van der Waals surface area contributed by atoms with Crippen LogP contribution in [-0.2, 0) is 0 Å². The van der Waals surface area contributed by atoms with Gasteiger partial charge in [-0.3, -0.25) is 4.98 Å². The van der Waals surface area contributed by atoms with Crippen molar-refractivity contribution in [3.63, 3.8) is 0 Å². The first-order valence-electron chi connectivity index (χ1n) is 4.78. The first-order valence-corrected chi connectivity index (χ1v) is 4.78. The molecule has 1 aromatic carbocycles. The van der Waals surface area contributed by atoms with Gasteiger partial charge in [0.15, 0.2) is 0 Å². The second-order valence-corrected chi connectivity index (χ2v) is 2.81. The molecule has 0 bridgehead atoms. The summed E-state index contributed by atoms with van der Waals surface area (Å²) in [6, 6.07) is 6.89. The van der Waals surface area contributed by atoms with E-state index in [-0.39, 0.29) is 5.82 Å². The fourth-order valence-electron chi connectivity index (χ4n) is 1.22. The lowest BCUT2D eigenvalue weighted by atomic mass is 10.1. The van der Waals surface area contributed by atoms with Crippen molar-refractivity contribution in [1.29, 1.82) is 0 Å². The first kappa shape index (κ1) is 10.6. The number of halogens is 1. The SMILES string of the molecule is CC.Cc1ccc2c(F)ccnc2c1. The second-order valence-electron chi connectivity index (χ2n) is 2.81. The Balaban J connectivity index is 0.000000461. The number of aryl methyl sites for hydroxylation is 1. The molecule has 0 saturated carbocycles. The van der Waals surface area contributed by atoms with Crippen molar-refractivity contribution < 1.29 is 4.39 Å². The summed E-state index contributed by atoms with van der Waals surface area (Å²) in [7, 11) is 0. The van der Waals surface area contributed by atoms with Gasteiger partial charge in [-0.1, -0.05) is 19.9 Å². The number of fused-ring (bicyclic) bond motifs is 1. The lowest BCUT2D eigenvalue weighted by molar-refractivity contribution is 0.638. The fraction of sp³-hybridized carbons (Fsp3) is 0.250. The molecule has 0 N–H and O–H groups in total. The zero-order chi connectivity index (χ0) is 10.6. The van der Waals surface area contributed by atoms with Gasteiger partial charge in [0.25, 0.3) is 0 Å². The minimum atomic E-state index is -0.208. The highest BCUT2D eigenvalue weighted by molar-refractivity contribution is 5.79. The van der Waals surface area contributed by atoms with Crippen molar-refractivity contribution in [3.05, 3.63) is 41.8 Å². The topological polar surface area (TPSA) is 12.9 Å². The maximum Gasteiger partial charge on any atom is 0.134 e. The molecule has 2 heteroatoms. The van der Waals surface area contributed by atoms with Crippen molar-refractivity contribution in [2.24, 2.45) is 0 Å². The zero-order valence-electron chi connectivity index (χ0n) is 8.71.